The van der Waals surface area contributed by atoms with Crippen LogP contribution in [0.2, 0.25) is 0 Å². The third-order valence-corrected chi connectivity index (χ3v) is 4.85. The summed E-state index contributed by atoms with van der Waals surface area (Å²) in [5, 5.41) is 7.94. The minimum atomic E-state index is 0.719. The highest BCUT2D eigenvalue weighted by Crippen LogP contribution is 2.11. The zero-order valence-corrected chi connectivity index (χ0v) is 17.0. The monoisotopic (exact) mass is 398 g/mol. The Morgan fingerprint density at radius 1 is 0.567 bits per heavy atom. The van der Waals surface area contributed by atoms with Crippen molar-refractivity contribution in [3.8, 4) is 0 Å². The molecule has 4 aromatic rings. The van der Waals surface area contributed by atoms with Crippen LogP contribution in [0.4, 0.5) is 0 Å². The van der Waals surface area contributed by atoms with Gasteiger partial charge in [0, 0.05) is 68.2 Å². The summed E-state index contributed by atoms with van der Waals surface area (Å²) in [6.45, 7) is 3.17. The first-order valence-corrected chi connectivity index (χ1v) is 10.3. The molecule has 0 saturated heterocycles. The summed E-state index contributed by atoms with van der Waals surface area (Å²) in [5.41, 5.74) is 4.98. The van der Waals surface area contributed by atoms with Gasteiger partial charge >= 0.3 is 0 Å². The van der Waals surface area contributed by atoms with E-state index < -0.39 is 0 Å². The van der Waals surface area contributed by atoms with Crippen molar-refractivity contribution in [3.05, 3.63) is 95.8 Å². The Bertz CT molecular complexity index is 971. The molecule has 0 fully saturated rings. The van der Waals surface area contributed by atoms with Gasteiger partial charge in [-0.3, -0.25) is 9.97 Å². The molecule has 0 aliphatic rings. The van der Waals surface area contributed by atoms with Gasteiger partial charge in [0.05, 0.1) is 11.4 Å². The minimum Gasteiger partial charge on any atom is -0.311 e. The summed E-state index contributed by atoms with van der Waals surface area (Å²) in [7, 11) is 0. The van der Waals surface area contributed by atoms with Gasteiger partial charge in [-0.15, -0.1) is 0 Å². The summed E-state index contributed by atoms with van der Waals surface area (Å²) < 4.78 is 0. The topological polar surface area (TPSA) is 75.6 Å². The van der Waals surface area contributed by atoms with Crippen LogP contribution in [-0.2, 0) is 25.9 Å². The largest absolute Gasteiger partial charge is 0.311 e. The quantitative estimate of drug-likeness (QED) is 0.400. The molecule has 30 heavy (non-hydrogen) atoms. The highest BCUT2D eigenvalue weighted by molar-refractivity contribution is 5.74. The number of hydrogen-bond acceptors (Lipinski definition) is 6. The van der Waals surface area contributed by atoms with Gasteiger partial charge in [-0.05, 0) is 48.5 Å². The van der Waals surface area contributed by atoms with Gasteiger partial charge in [0.1, 0.15) is 0 Å². The van der Waals surface area contributed by atoms with Gasteiger partial charge in [0.15, 0.2) is 5.65 Å². The Hall–Kier alpha value is -3.22. The lowest BCUT2D eigenvalue weighted by Crippen LogP contribution is -2.18. The first-order chi connectivity index (χ1) is 14.9. The van der Waals surface area contributed by atoms with E-state index >= 15 is 0 Å². The fraction of sp³-hybridized carbons (Fsp3) is 0.250. The molecule has 2 N–H and O–H groups in total. The first kappa shape index (κ1) is 20.1. The van der Waals surface area contributed by atoms with Crippen molar-refractivity contribution in [2.45, 2.75) is 25.9 Å². The molecule has 0 bridgehead atoms. The van der Waals surface area contributed by atoms with E-state index in [1.807, 2.05) is 48.8 Å². The summed E-state index contributed by atoms with van der Waals surface area (Å²) in [6.07, 6.45) is 5.47. The molecule has 4 aromatic heterocycles. The average molecular weight is 399 g/mol. The molecule has 4 rings (SSSR count). The van der Waals surface area contributed by atoms with Crippen LogP contribution >= 0.6 is 0 Å². The van der Waals surface area contributed by atoms with Crippen LogP contribution in [0.15, 0.2) is 73.1 Å². The zero-order valence-electron chi connectivity index (χ0n) is 17.0. The molecule has 4 heterocycles. The molecule has 0 amide bonds. The number of nitrogens with zero attached hydrogens (tertiary/aromatic N) is 4. The van der Waals surface area contributed by atoms with Crippen LogP contribution in [0.5, 0.6) is 0 Å². The number of nitrogens with one attached hydrogen (secondary N) is 2. The Balaban J connectivity index is 1.27. The highest BCUT2D eigenvalue weighted by Gasteiger charge is 2.03. The number of hydrogen-bond donors (Lipinski definition) is 2. The highest BCUT2D eigenvalue weighted by atomic mass is 14.9. The lowest BCUT2D eigenvalue weighted by atomic mass is 10.2. The van der Waals surface area contributed by atoms with E-state index in [1.165, 1.54) is 0 Å². The van der Waals surface area contributed by atoms with Crippen LogP contribution in [-0.4, -0.2) is 33.0 Å². The molecular weight excluding hydrogens is 372 g/mol. The smallest absolute Gasteiger partial charge is 0.159 e. The van der Waals surface area contributed by atoms with E-state index in [1.54, 1.807) is 0 Å². The van der Waals surface area contributed by atoms with Crippen molar-refractivity contribution in [1.82, 2.24) is 30.6 Å². The number of pyridine rings is 4. The van der Waals surface area contributed by atoms with E-state index in [0.717, 1.165) is 72.8 Å². The average Bonchev–Trinajstić information content (AvgIpc) is 2.81. The standard InChI is InChI=1S/C24H26N6/c1-3-13-27-20(5-1)11-15-25-17-22-9-7-19-8-10-23(30-24(19)29-22)18-26-16-12-21-6-2-4-14-28-21/h1-10,13-14,25-26H,11-12,15-18H2. The van der Waals surface area contributed by atoms with E-state index in [4.69, 9.17) is 9.97 Å². The molecular formula is C24H26N6. The van der Waals surface area contributed by atoms with Crippen molar-refractivity contribution in [2.24, 2.45) is 0 Å². The number of aromatic nitrogens is 4. The van der Waals surface area contributed by atoms with Gasteiger partial charge in [-0.1, -0.05) is 12.1 Å². The van der Waals surface area contributed by atoms with E-state index in [-0.39, 0.29) is 0 Å². The second-order valence-electron chi connectivity index (χ2n) is 7.15. The molecule has 0 aliphatic heterocycles. The van der Waals surface area contributed by atoms with E-state index in [2.05, 4.69) is 44.9 Å². The van der Waals surface area contributed by atoms with Crippen LogP contribution < -0.4 is 10.6 Å². The second-order valence-corrected chi connectivity index (χ2v) is 7.15. The summed E-state index contributed by atoms with van der Waals surface area (Å²) in [5.74, 6) is 0. The van der Waals surface area contributed by atoms with Crippen molar-refractivity contribution >= 4 is 11.0 Å². The van der Waals surface area contributed by atoms with Crippen molar-refractivity contribution in [1.29, 1.82) is 0 Å². The number of fused-ring (bicyclic) bond motifs is 1. The second kappa shape index (κ2) is 10.5. The fourth-order valence-corrected chi connectivity index (χ4v) is 3.23. The molecule has 0 aromatic carbocycles. The maximum atomic E-state index is 4.73. The summed E-state index contributed by atoms with van der Waals surface area (Å²) >= 11 is 0. The lowest BCUT2D eigenvalue weighted by molar-refractivity contribution is 0.666. The molecule has 0 saturated carbocycles. The van der Waals surface area contributed by atoms with Crippen molar-refractivity contribution in [3.63, 3.8) is 0 Å². The lowest BCUT2D eigenvalue weighted by Gasteiger charge is -2.07. The van der Waals surface area contributed by atoms with Gasteiger partial charge in [-0.2, -0.15) is 0 Å². The SMILES string of the molecule is c1ccc(CCNCc2ccc3ccc(CNCCc4ccccn4)nc3n2)nc1. The molecule has 0 aliphatic carbocycles. The molecule has 0 radical (unpaired) electrons. The zero-order chi connectivity index (χ0) is 20.4. The third-order valence-electron chi connectivity index (χ3n) is 4.85. The molecule has 152 valence electrons. The van der Waals surface area contributed by atoms with Crippen molar-refractivity contribution in [2.75, 3.05) is 13.1 Å². The summed E-state index contributed by atoms with van der Waals surface area (Å²) in [6, 6.07) is 20.3. The Labute approximate surface area is 176 Å². The molecule has 6 nitrogen and oxygen atoms in total. The molecule has 0 spiro atoms. The maximum Gasteiger partial charge on any atom is 0.159 e. The van der Waals surface area contributed by atoms with E-state index in [9.17, 15) is 0 Å². The normalized spacial score (nSPS) is 11.1. The van der Waals surface area contributed by atoms with Gasteiger partial charge in [0.2, 0.25) is 0 Å². The van der Waals surface area contributed by atoms with Gasteiger partial charge in [-0.25, -0.2) is 9.97 Å². The number of rotatable bonds is 10. The van der Waals surface area contributed by atoms with Gasteiger partial charge in [0.25, 0.3) is 0 Å². The Morgan fingerprint density at radius 2 is 1.10 bits per heavy atom. The molecule has 6 heteroatoms. The Kier molecular flexibility index (Phi) is 7.04. The van der Waals surface area contributed by atoms with E-state index in [0.29, 0.717) is 0 Å². The summed E-state index contributed by atoms with van der Waals surface area (Å²) in [4.78, 5) is 18.2. The molecule has 0 atom stereocenters. The van der Waals surface area contributed by atoms with Crippen LogP contribution in [0.25, 0.3) is 11.0 Å². The maximum absolute atomic E-state index is 4.73. The van der Waals surface area contributed by atoms with Crippen LogP contribution in [0.1, 0.15) is 22.8 Å². The van der Waals surface area contributed by atoms with Crippen LogP contribution in [0, 0.1) is 0 Å². The predicted octanol–water partition coefficient (Wildman–Crippen LogP) is 3.08. The molecule has 0 unspecified atom stereocenters. The predicted molar refractivity (Wildman–Crippen MR) is 119 cm³/mol. The van der Waals surface area contributed by atoms with Crippen LogP contribution in [0.3, 0.4) is 0 Å². The third kappa shape index (κ3) is 5.89. The first-order valence-electron chi connectivity index (χ1n) is 10.3. The fourth-order valence-electron chi connectivity index (χ4n) is 3.23. The Morgan fingerprint density at radius 3 is 1.57 bits per heavy atom. The van der Waals surface area contributed by atoms with Crippen molar-refractivity contribution < 1.29 is 0 Å². The minimum absolute atomic E-state index is 0.719. The van der Waals surface area contributed by atoms with Gasteiger partial charge < -0.3 is 10.6 Å².